The summed E-state index contributed by atoms with van der Waals surface area (Å²) in [5, 5.41) is 7.95. The molecule has 1 rings (SSSR count). The van der Waals surface area contributed by atoms with Crippen LogP contribution in [0.5, 0.6) is 0 Å². The number of hydrogen-bond acceptors (Lipinski definition) is 4. The molecule has 1 aromatic carbocycles. The molecule has 0 aliphatic carbocycles. The van der Waals surface area contributed by atoms with Gasteiger partial charge in [-0.3, -0.25) is 9.69 Å². The molecule has 7 heteroatoms. The van der Waals surface area contributed by atoms with E-state index in [1.54, 1.807) is 12.1 Å². The molecule has 0 fully saturated rings. The van der Waals surface area contributed by atoms with Gasteiger partial charge in [0, 0.05) is 6.54 Å². The lowest BCUT2D eigenvalue weighted by Crippen LogP contribution is -2.38. The summed E-state index contributed by atoms with van der Waals surface area (Å²) in [5.41, 5.74) is 0.955. The zero-order valence-corrected chi connectivity index (χ0v) is 14.7. The van der Waals surface area contributed by atoms with E-state index in [2.05, 4.69) is 24.1 Å². The summed E-state index contributed by atoms with van der Waals surface area (Å²) in [5.74, 6) is 0.0213. The van der Waals surface area contributed by atoms with Crippen molar-refractivity contribution in [3.63, 3.8) is 0 Å². The van der Waals surface area contributed by atoms with E-state index in [9.17, 15) is 13.2 Å². The second kappa shape index (κ2) is 9.64. The minimum Gasteiger partial charge on any atom is -0.355 e. The molecule has 0 aliphatic heterocycles. The summed E-state index contributed by atoms with van der Waals surface area (Å²) in [6, 6.07) is 6.40. The molecule has 130 valence electrons. The van der Waals surface area contributed by atoms with Crippen LogP contribution in [0.2, 0.25) is 0 Å². The van der Waals surface area contributed by atoms with E-state index in [-0.39, 0.29) is 10.8 Å². The fourth-order valence-corrected chi connectivity index (χ4v) is 2.87. The van der Waals surface area contributed by atoms with E-state index in [0.29, 0.717) is 19.5 Å². The van der Waals surface area contributed by atoms with Crippen LogP contribution in [0, 0.1) is 0 Å². The van der Waals surface area contributed by atoms with Gasteiger partial charge in [0.15, 0.2) is 0 Å². The van der Waals surface area contributed by atoms with Gasteiger partial charge in [0.2, 0.25) is 15.9 Å². The Morgan fingerprint density at radius 2 is 1.70 bits per heavy atom. The van der Waals surface area contributed by atoms with Gasteiger partial charge in [0.05, 0.1) is 11.4 Å². The van der Waals surface area contributed by atoms with E-state index in [0.717, 1.165) is 31.5 Å². The zero-order chi connectivity index (χ0) is 17.3. The Kier molecular flexibility index (Phi) is 8.22. The second-order valence-electron chi connectivity index (χ2n) is 5.57. The smallest absolute Gasteiger partial charge is 0.238 e. The van der Waals surface area contributed by atoms with Gasteiger partial charge in [-0.15, -0.1) is 0 Å². The molecular formula is C16H27N3O3S. The first-order valence-electron chi connectivity index (χ1n) is 7.97. The number of sulfonamides is 1. The fraction of sp³-hybridized carbons (Fsp3) is 0.562. The Hall–Kier alpha value is -1.44. The highest BCUT2D eigenvalue weighted by molar-refractivity contribution is 7.89. The molecule has 0 aliphatic rings. The molecule has 0 heterocycles. The van der Waals surface area contributed by atoms with Gasteiger partial charge in [-0.25, -0.2) is 13.6 Å². The van der Waals surface area contributed by atoms with Crippen LogP contribution < -0.4 is 10.5 Å². The van der Waals surface area contributed by atoms with Crippen molar-refractivity contribution >= 4 is 15.9 Å². The van der Waals surface area contributed by atoms with E-state index < -0.39 is 10.0 Å². The van der Waals surface area contributed by atoms with Crippen molar-refractivity contribution in [3.05, 3.63) is 29.8 Å². The maximum absolute atomic E-state index is 11.9. The molecule has 0 radical (unpaired) electrons. The molecular weight excluding hydrogens is 314 g/mol. The molecule has 1 amide bonds. The minimum atomic E-state index is -3.65. The lowest BCUT2D eigenvalue weighted by atomic mass is 10.1. The van der Waals surface area contributed by atoms with E-state index >= 15 is 0 Å². The Morgan fingerprint density at radius 1 is 1.13 bits per heavy atom. The Balaban J connectivity index is 2.39. The van der Waals surface area contributed by atoms with Gasteiger partial charge in [0.1, 0.15) is 0 Å². The minimum absolute atomic E-state index is 0.0213. The topological polar surface area (TPSA) is 92.5 Å². The number of carbonyl (C=O) groups excluding carboxylic acids is 1. The molecule has 0 saturated heterocycles. The number of nitrogens with two attached hydrogens (primary N) is 1. The predicted molar refractivity (Wildman–Crippen MR) is 91.6 cm³/mol. The first-order chi connectivity index (χ1) is 10.9. The van der Waals surface area contributed by atoms with Crippen molar-refractivity contribution in [1.82, 2.24) is 10.2 Å². The normalized spacial score (nSPS) is 11.7. The lowest BCUT2D eigenvalue weighted by Gasteiger charge is -2.20. The molecule has 0 spiro atoms. The number of rotatable bonds is 10. The lowest BCUT2D eigenvalue weighted by molar-refractivity contribution is -0.122. The molecule has 6 nitrogen and oxygen atoms in total. The van der Waals surface area contributed by atoms with Crippen LogP contribution in [0.1, 0.15) is 32.3 Å². The van der Waals surface area contributed by atoms with Crippen molar-refractivity contribution in [3.8, 4) is 0 Å². The van der Waals surface area contributed by atoms with Crippen molar-refractivity contribution in [2.24, 2.45) is 5.14 Å². The largest absolute Gasteiger partial charge is 0.355 e. The average Bonchev–Trinajstić information content (AvgIpc) is 2.47. The van der Waals surface area contributed by atoms with Crippen LogP contribution in [0.3, 0.4) is 0 Å². The van der Waals surface area contributed by atoms with Crippen LogP contribution in [0.4, 0.5) is 0 Å². The van der Waals surface area contributed by atoms with Crippen molar-refractivity contribution in [2.75, 3.05) is 26.2 Å². The van der Waals surface area contributed by atoms with Gasteiger partial charge in [-0.1, -0.05) is 26.0 Å². The number of carbonyl (C=O) groups is 1. The van der Waals surface area contributed by atoms with Gasteiger partial charge in [-0.05, 0) is 50.0 Å². The maximum Gasteiger partial charge on any atom is 0.238 e. The fourth-order valence-electron chi connectivity index (χ4n) is 2.35. The number of hydrogen-bond donors (Lipinski definition) is 2. The maximum atomic E-state index is 11.9. The van der Waals surface area contributed by atoms with E-state index in [1.807, 2.05) is 0 Å². The third-order valence-corrected chi connectivity index (χ3v) is 4.36. The Labute approximate surface area is 139 Å². The molecule has 1 aromatic rings. The molecule has 0 bridgehead atoms. The third-order valence-electron chi connectivity index (χ3n) is 3.43. The SMILES string of the molecule is CCCN(CCC)CC(=O)NCCc1ccc(S(N)(=O)=O)cc1. The van der Waals surface area contributed by atoms with Crippen LogP contribution in [0.25, 0.3) is 0 Å². The first kappa shape index (κ1) is 19.6. The number of nitrogens with zero attached hydrogens (tertiary/aromatic N) is 1. The number of primary sulfonamides is 1. The van der Waals surface area contributed by atoms with Gasteiger partial charge < -0.3 is 5.32 Å². The van der Waals surface area contributed by atoms with Crippen molar-refractivity contribution in [1.29, 1.82) is 0 Å². The van der Waals surface area contributed by atoms with Crippen molar-refractivity contribution in [2.45, 2.75) is 38.0 Å². The van der Waals surface area contributed by atoms with Gasteiger partial charge in [0.25, 0.3) is 0 Å². The van der Waals surface area contributed by atoms with Crippen LogP contribution in [-0.2, 0) is 21.2 Å². The van der Waals surface area contributed by atoms with Crippen molar-refractivity contribution < 1.29 is 13.2 Å². The van der Waals surface area contributed by atoms with Crippen LogP contribution in [-0.4, -0.2) is 45.4 Å². The number of nitrogens with one attached hydrogen (secondary N) is 1. The molecule has 23 heavy (non-hydrogen) atoms. The first-order valence-corrected chi connectivity index (χ1v) is 9.52. The highest BCUT2D eigenvalue weighted by Crippen LogP contribution is 2.08. The van der Waals surface area contributed by atoms with Gasteiger partial charge in [-0.2, -0.15) is 0 Å². The quantitative estimate of drug-likeness (QED) is 0.667. The van der Waals surface area contributed by atoms with Gasteiger partial charge >= 0.3 is 0 Å². The summed E-state index contributed by atoms with van der Waals surface area (Å²) in [4.78, 5) is 14.2. The zero-order valence-electron chi connectivity index (χ0n) is 13.9. The molecule has 0 atom stereocenters. The second-order valence-corrected chi connectivity index (χ2v) is 7.13. The standard InChI is InChI=1S/C16H27N3O3S/c1-3-11-19(12-4-2)13-16(20)18-10-9-14-5-7-15(8-6-14)23(17,21)22/h5-8H,3-4,9-13H2,1-2H3,(H,18,20)(H2,17,21,22). The summed E-state index contributed by atoms with van der Waals surface area (Å²) >= 11 is 0. The third kappa shape index (κ3) is 7.58. The Bertz CT molecular complexity index is 579. The van der Waals surface area contributed by atoms with Crippen LogP contribution in [0.15, 0.2) is 29.2 Å². The summed E-state index contributed by atoms with van der Waals surface area (Å²) in [7, 11) is -3.65. The molecule has 0 aromatic heterocycles. The molecule has 3 N–H and O–H groups in total. The average molecular weight is 341 g/mol. The predicted octanol–water partition coefficient (Wildman–Crippen LogP) is 1.11. The highest BCUT2D eigenvalue weighted by atomic mass is 32.2. The monoisotopic (exact) mass is 341 g/mol. The van der Waals surface area contributed by atoms with E-state index in [1.165, 1.54) is 12.1 Å². The Morgan fingerprint density at radius 3 is 2.17 bits per heavy atom. The summed E-state index contributed by atoms with van der Waals surface area (Å²) in [6.07, 6.45) is 2.71. The highest BCUT2D eigenvalue weighted by Gasteiger charge is 2.09. The summed E-state index contributed by atoms with van der Waals surface area (Å²) < 4.78 is 22.3. The number of benzene rings is 1. The van der Waals surface area contributed by atoms with E-state index in [4.69, 9.17) is 5.14 Å². The van der Waals surface area contributed by atoms with Crippen LogP contribution >= 0.6 is 0 Å². The summed E-state index contributed by atoms with van der Waals surface area (Å²) in [6.45, 7) is 7.01. The molecule has 0 saturated carbocycles. The molecule has 0 unspecified atom stereocenters. The number of amides is 1.